The molecular weight excluding hydrogens is 312 g/mol. The molecule has 122 valence electrons. The predicted molar refractivity (Wildman–Crippen MR) is 91.5 cm³/mol. The van der Waals surface area contributed by atoms with Crippen molar-refractivity contribution in [2.45, 2.75) is 13.8 Å². The van der Waals surface area contributed by atoms with Crippen LogP contribution in [0, 0.1) is 6.92 Å². The Bertz CT molecular complexity index is 680. The molecule has 7 heteroatoms. The molecule has 0 atom stereocenters. The molecule has 1 aliphatic heterocycles. The third kappa shape index (κ3) is 3.44. The number of hydrogen-bond donors (Lipinski definition) is 0. The van der Waals surface area contributed by atoms with E-state index in [1.807, 2.05) is 12.4 Å². The van der Waals surface area contributed by atoms with Crippen molar-refractivity contribution >= 4 is 28.1 Å². The van der Waals surface area contributed by atoms with E-state index in [1.54, 1.807) is 13.1 Å². The number of ether oxygens (including phenoxy) is 1. The van der Waals surface area contributed by atoms with E-state index in [9.17, 15) is 4.79 Å². The Balaban J connectivity index is 1.63. The third-order valence-electron chi connectivity index (χ3n) is 3.85. The van der Waals surface area contributed by atoms with Crippen LogP contribution in [0.4, 0.5) is 10.8 Å². The second-order valence-corrected chi connectivity index (χ2v) is 6.37. The van der Waals surface area contributed by atoms with Gasteiger partial charge in [-0.25, -0.2) is 9.78 Å². The Hall–Kier alpha value is -2.15. The average Bonchev–Trinajstić information content (AvgIpc) is 3.06. The molecule has 0 N–H and O–H groups in total. The molecule has 3 heterocycles. The van der Waals surface area contributed by atoms with Crippen molar-refractivity contribution in [1.82, 2.24) is 9.97 Å². The highest BCUT2D eigenvalue weighted by Gasteiger charge is 2.22. The third-order valence-corrected chi connectivity index (χ3v) is 4.89. The summed E-state index contributed by atoms with van der Waals surface area (Å²) in [6, 6.07) is 2.06. The summed E-state index contributed by atoms with van der Waals surface area (Å²) in [7, 11) is 0. The number of carbonyl (C=O) groups is 1. The lowest BCUT2D eigenvalue weighted by Crippen LogP contribution is -2.46. The van der Waals surface area contributed by atoms with Crippen LogP contribution < -0.4 is 9.80 Å². The van der Waals surface area contributed by atoms with Crippen molar-refractivity contribution < 1.29 is 9.53 Å². The van der Waals surface area contributed by atoms with Gasteiger partial charge in [-0.15, -0.1) is 0 Å². The Labute approximate surface area is 139 Å². The summed E-state index contributed by atoms with van der Waals surface area (Å²) in [5, 5.41) is 0.888. The van der Waals surface area contributed by atoms with Gasteiger partial charge in [0, 0.05) is 44.3 Å². The van der Waals surface area contributed by atoms with Crippen molar-refractivity contribution in [3.63, 3.8) is 0 Å². The number of pyridine rings is 1. The molecule has 23 heavy (non-hydrogen) atoms. The van der Waals surface area contributed by atoms with Crippen molar-refractivity contribution in [1.29, 1.82) is 0 Å². The van der Waals surface area contributed by atoms with Gasteiger partial charge in [0.05, 0.1) is 12.8 Å². The summed E-state index contributed by atoms with van der Waals surface area (Å²) in [6.45, 7) is 7.91. The molecule has 0 aliphatic carbocycles. The Kier molecular flexibility index (Phi) is 4.76. The van der Waals surface area contributed by atoms with Crippen molar-refractivity contribution in [2.75, 3.05) is 42.6 Å². The maximum atomic E-state index is 11.7. The number of aromatic nitrogens is 2. The molecule has 0 radical (unpaired) electrons. The fourth-order valence-corrected chi connectivity index (χ4v) is 3.53. The van der Waals surface area contributed by atoms with Gasteiger partial charge < -0.3 is 14.5 Å². The molecule has 0 amide bonds. The Morgan fingerprint density at radius 1 is 1.26 bits per heavy atom. The number of rotatable bonds is 4. The lowest BCUT2D eigenvalue weighted by atomic mass is 10.2. The molecule has 1 saturated heterocycles. The summed E-state index contributed by atoms with van der Waals surface area (Å²) < 4.78 is 5.02. The summed E-state index contributed by atoms with van der Waals surface area (Å²) >= 11 is 1.40. The van der Waals surface area contributed by atoms with Gasteiger partial charge in [0.25, 0.3) is 0 Å². The molecule has 0 unspecified atom stereocenters. The predicted octanol–water partition coefficient (Wildman–Crippen LogP) is 2.35. The first-order valence-electron chi connectivity index (χ1n) is 7.72. The number of anilines is 2. The molecule has 1 aliphatic rings. The Morgan fingerprint density at radius 2 is 2.00 bits per heavy atom. The highest BCUT2D eigenvalue weighted by molar-refractivity contribution is 7.17. The summed E-state index contributed by atoms with van der Waals surface area (Å²) in [6.07, 6.45) is 5.34. The Morgan fingerprint density at radius 3 is 2.70 bits per heavy atom. The maximum absolute atomic E-state index is 11.7. The molecule has 2 aromatic rings. The van der Waals surface area contributed by atoms with Crippen molar-refractivity contribution in [3.8, 4) is 0 Å². The number of esters is 1. The van der Waals surface area contributed by atoms with Gasteiger partial charge in [-0.3, -0.25) is 4.98 Å². The fourth-order valence-electron chi connectivity index (χ4n) is 2.67. The van der Waals surface area contributed by atoms with E-state index in [1.165, 1.54) is 22.6 Å². The number of hydrogen-bond acceptors (Lipinski definition) is 7. The quantitative estimate of drug-likeness (QED) is 0.801. The van der Waals surface area contributed by atoms with E-state index < -0.39 is 0 Å². The maximum Gasteiger partial charge on any atom is 0.350 e. The van der Waals surface area contributed by atoms with E-state index in [0.717, 1.165) is 31.3 Å². The van der Waals surface area contributed by atoms with Crippen LogP contribution in [0.1, 0.15) is 22.2 Å². The van der Waals surface area contributed by atoms with Gasteiger partial charge in [0.1, 0.15) is 4.88 Å². The smallest absolute Gasteiger partial charge is 0.350 e. The van der Waals surface area contributed by atoms with Crippen molar-refractivity contribution in [3.05, 3.63) is 35.1 Å². The molecule has 0 saturated carbocycles. The van der Waals surface area contributed by atoms with Gasteiger partial charge in [0.15, 0.2) is 5.13 Å². The number of piperazine rings is 1. The number of nitrogens with zero attached hydrogens (tertiary/aromatic N) is 4. The lowest BCUT2D eigenvalue weighted by molar-refractivity contribution is 0.0532. The van der Waals surface area contributed by atoms with Crippen LogP contribution in [-0.4, -0.2) is 48.7 Å². The normalized spacial score (nSPS) is 14.9. The molecule has 2 aromatic heterocycles. The first-order chi connectivity index (χ1) is 11.2. The van der Waals surface area contributed by atoms with E-state index in [0.29, 0.717) is 11.5 Å². The molecule has 0 spiro atoms. The number of carbonyl (C=O) groups excluding carboxylic acids is 1. The van der Waals surface area contributed by atoms with E-state index in [4.69, 9.17) is 4.74 Å². The van der Waals surface area contributed by atoms with Gasteiger partial charge in [-0.1, -0.05) is 11.3 Å². The minimum Gasteiger partial charge on any atom is -0.462 e. The number of thiazole rings is 1. The topological polar surface area (TPSA) is 58.6 Å². The summed E-state index contributed by atoms with van der Waals surface area (Å²) in [5.41, 5.74) is 2.44. The standard InChI is InChI=1S/C16H20N4O2S/c1-3-22-15(21)14-11-18-16(23-14)20-8-6-19(7-9-20)13-4-5-17-10-12(13)2/h4-5,10-11H,3,6-9H2,1-2H3. The van der Waals surface area contributed by atoms with Crippen LogP contribution >= 0.6 is 11.3 Å². The highest BCUT2D eigenvalue weighted by Crippen LogP contribution is 2.26. The SMILES string of the molecule is CCOC(=O)c1cnc(N2CCN(c3ccncc3C)CC2)s1. The minimum absolute atomic E-state index is 0.290. The zero-order chi connectivity index (χ0) is 16.2. The molecule has 0 bridgehead atoms. The monoisotopic (exact) mass is 332 g/mol. The van der Waals surface area contributed by atoms with Gasteiger partial charge >= 0.3 is 5.97 Å². The van der Waals surface area contributed by atoms with Crippen LogP contribution in [0.2, 0.25) is 0 Å². The van der Waals surface area contributed by atoms with Crippen LogP contribution in [0.25, 0.3) is 0 Å². The highest BCUT2D eigenvalue weighted by atomic mass is 32.1. The zero-order valence-corrected chi connectivity index (χ0v) is 14.2. The molecule has 0 aromatic carbocycles. The van der Waals surface area contributed by atoms with E-state index in [-0.39, 0.29) is 5.97 Å². The first-order valence-corrected chi connectivity index (χ1v) is 8.54. The lowest BCUT2D eigenvalue weighted by Gasteiger charge is -2.36. The first kappa shape index (κ1) is 15.7. The number of aryl methyl sites for hydroxylation is 1. The fraction of sp³-hybridized carbons (Fsp3) is 0.438. The second kappa shape index (κ2) is 6.95. The largest absolute Gasteiger partial charge is 0.462 e. The molecule has 3 rings (SSSR count). The van der Waals surface area contributed by atoms with Crippen LogP contribution in [-0.2, 0) is 4.74 Å². The van der Waals surface area contributed by atoms with Gasteiger partial charge in [-0.05, 0) is 25.5 Å². The molecule has 1 fully saturated rings. The summed E-state index contributed by atoms with van der Waals surface area (Å²) in [4.78, 5) is 25.4. The minimum atomic E-state index is -0.290. The van der Waals surface area contributed by atoms with Crippen LogP contribution in [0.3, 0.4) is 0 Å². The molecule has 6 nitrogen and oxygen atoms in total. The summed E-state index contributed by atoms with van der Waals surface area (Å²) in [5.74, 6) is -0.290. The van der Waals surface area contributed by atoms with E-state index in [2.05, 4.69) is 32.8 Å². The van der Waals surface area contributed by atoms with E-state index >= 15 is 0 Å². The average molecular weight is 332 g/mol. The molecular formula is C16H20N4O2S. The van der Waals surface area contributed by atoms with Crippen molar-refractivity contribution in [2.24, 2.45) is 0 Å². The van der Waals surface area contributed by atoms with Crippen LogP contribution in [0.5, 0.6) is 0 Å². The zero-order valence-electron chi connectivity index (χ0n) is 13.4. The van der Waals surface area contributed by atoms with Gasteiger partial charge in [0.2, 0.25) is 0 Å². The van der Waals surface area contributed by atoms with Gasteiger partial charge in [-0.2, -0.15) is 0 Å². The van der Waals surface area contributed by atoms with Crippen LogP contribution in [0.15, 0.2) is 24.7 Å². The second-order valence-electron chi connectivity index (χ2n) is 5.36.